The van der Waals surface area contributed by atoms with Crippen LogP contribution in [0.1, 0.15) is 427 Å². The van der Waals surface area contributed by atoms with Crippen LogP contribution in [0.15, 0.2) is 0 Å². The van der Waals surface area contributed by atoms with Crippen LogP contribution in [0.3, 0.4) is 0 Å². The van der Waals surface area contributed by atoms with Gasteiger partial charge in [0.2, 0.25) is 0 Å². The van der Waals surface area contributed by atoms with Gasteiger partial charge >= 0.3 is 39.5 Å². The van der Waals surface area contributed by atoms with Crippen molar-refractivity contribution in [3.8, 4) is 0 Å². The second-order valence-electron chi connectivity index (χ2n) is 30.1. The summed E-state index contributed by atoms with van der Waals surface area (Å²) in [6, 6.07) is 0. The van der Waals surface area contributed by atoms with E-state index in [0.717, 1.165) is 108 Å². The topological polar surface area (TPSA) is 237 Å². The molecule has 0 bridgehead atoms. The van der Waals surface area contributed by atoms with Gasteiger partial charge in [0.1, 0.15) is 19.3 Å². The van der Waals surface area contributed by atoms with Gasteiger partial charge in [0, 0.05) is 25.7 Å². The predicted molar refractivity (Wildman–Crippen MR) is 409 cm³/mol. The molecule has 2 unspecified atom stereocenters. The molecule has 0 radical (unpaired) electrons. The number of phosphoric acid groups is 2. The maximum atomic E-state index is 13.1. The van der Waals surface area contributed by atoms with Gasteiger partial charge in [-0.3, -0.25) is 37.3 Å². The summed E-state index contributed by atoms with van der Waals surface area (Å²) >= 11 is 0. The molecule has 0 rings (SSSR count). The van der Waals surface area contributed by atoms with Crippen LogP contribution in [0.2, 0.25) is 0 Å². The second-order valence-corrected chi connectivity index (χ2v) is 33.0. The zero-order chi connectivity index (χ0) is 73.5. The van der Waals surface area contributed by atoms with Crippen LogP contribution in [0.25, 0.3) is 0 Å². The Balaban J connectivity index is 5.20. The molecule has 0 aromatic carbocycles. The van der Waals surface area contributed by atoms with E-state index >= 15 is 0 Å². The Labute approximate surface area is 613 Å². The van der Waals surface area contributed by atoms with Crippen molar-refractivity contribution in [2.45, 2.75) is 445 Å². The lowest BCUT2D eigenvalue weighted by molar-refractivity contribution is -0.161. The molecule has 0 fully saturated rings. The molecule has 0 aromatic rings. The molecule has 0 aliphatic heterocycles. The fourth-order valence-electron chi connectivity index (χ4n) is 12.5. The van der Waals surface area contributed by atoms with E-state index in [1.54, 1.807) is 0 Å². The van der Waals surface area contributed by atoms with Crippen LogP contribution in [0.4, 0.5) is 0 Å². The fourth-order valence-corrected chi connectivity index (χ4v) is 14.1. The van der Waals surface area contributed by atoms with Crippen LogP contribution in [-0.4, -0.2) is 96.7 Å². The van der Waals surface area contributed by atoms with E-state index in [2.05, 4.69) is 41.5 Å². The number of carbonyl (C=O) groups is 4. The third-order valence-electron chi connectivity index (χ3n) is 19.0. The van der Waals surface area contributed by atoms with E-state index in [1.165, 1.54) is 238 Å². The Morgan fingerprint density at radius 2 is 0.460 bits per heavy atom. The van der Waals surface area contributed by atoms with Crippen molar-refractivity contribution in [2.75, 3.05) is 39.6 Å². The van der Waals surface area contributed by atoms with Gasteiger partial charge in [-0.25, -0.2) is 9.13 Å². The number of aliphatic hydroxyl groups excluding tert-OH is 1. The summed E-state index contributed by atoms with van der Waals surface area (Å²) in [5.41, 5.74) is 0. The Hall–Kier alpha value is -1.94. The molecule has 0 amide bonds. The summed E-state index contributed by atoms with van der Waals surface area (Å²) in [4.78, 5) is 72.9. The van der Waals surface area contributed by atoms with E-state index < -0.39 is 97.5 Å². The highest BCUT2D eigenvalue weighted by Crippen LogP contribution is 2.45. The summed E-state index contributed by atoms with van der Waals surface area (Å²) in [5.74, 6) is -0.514. The number of aliphatic hydroxyl groups is 1. The lowest BCUT2D eigenvalue weighted by Gasteiger charge is -2.21. The van der Waals surface area contributed by atoms with Gasteiger partial charge < -0.3 is 33.8 Å². The van der Waals surface area contributed by atoms with E-state index in [9.17, 15) is 43.2 Å². The van der Waals surface area contributed by atoms with Crippen molar-refractivity contribution in [2.24, 2.45) is 11.8 Å². The molecule has 0 aromatic heterocycles. The molecule has 19 heteroatoms. The molecule has 0 aliphatic rings. The molecule has 100 heavy (non-hydrogen) atoms. The number of unbranched alkanes of at least 4 members (excludes halogenated alkanes) is 50. The van der Waals surface area contributed by atoms with Crippen molar-refractivity contribution < 1.29 is 80.2 Å². The maximum absolute atomic E-state index is 13.1. The number of hydrogen-bond donors (Lipinski definition) is 3. The average Bonchev–Trinajstić information content (AvgIpc) is 0.971. The van der Waals surface area contributed by atoms with Gasteiger partial charge in [-0.15, -0.1) is 0 Å². The smallest absolute Gasteiger partial charge is 0.462 e. The normalized spacial score (nSPS) is 13.9. The molecule has 0 heterocycles. The van der Waals surface area contributed by atoms with Crippen LogP contribution in [0, 0.1) is 11.8 Å². The highest BCUT2D eigenvalue weighted by Gasteiger charge is 2.30. The van der Waals surface area contributed by atoms with Crippen LogP contribution < -0.4 is 0 Å². The van der Waals surface area contributed by atoms with E-state index in [0.29, 0.717) is 25.7 Å². The highest BCUT2D eigenvalue weighted by atomic mass is 31.2. The lowest BCUT2D eigenvalue weighted by Crippen LogP contribution is -2.30. The summed E-state index contributed by atoms with van der Waals surface area (Å²) < 4.78 is 68.7. The zero-order valence-corrected chi connectivity index (χ0v) is 67.3. The second kappa shape index (κ2) is 72.6. The van der Waals surface area contributed by atoms with E-state index in [-0.39, 0.29) is 25.7 Å². The van der Waals surface area contributed by atoms with Gasteiger partial charge in [0.25, 0.3) is 0 Å². The van der Waals surface area contributed by atoms with Crippen molar-refractivity contribution >= 4 is 39.5 Å². The summed E-state index contributed by atoms with van der Waals surface area (Å²) in [6.07, 6.45) is 62.5. The first-order valence-electron chi connectivity index (χ1n) is 42.0. The summed E-state index contributed by atoms with van der Waals surface area (Å²) in [7, 11) is -9.92. The molecule has 594 valence electrons. The Bertz CT molecular complexity index is 1920. The Morgan fingerprint density at radius 3 is 0.680 bits per heavy atom. The van der Waals surface area contributed by atoms with Crippen molar-refractivity contribution in [3.05, 3.63) is 0 Å². The average molecular weight is 1470 g/mol. The van der Waals surface area contributed by atoms with E-state index in [4.69, 9.17) is 37.0 Å². The first-order chi connectivity index (χ1) is 48.4. The van der Waals surface area contributed by atoms with Crippen molar-refractivity contribution in [3.63, 3.8) is 0 Å². The summed E-state index contributed by atoms with van der Waals surface area (Å²) in [5, 5.41) is 10.6. The molecule has 3 N–H and O–H groups in total. The molecular weight excluding hydrogens is 1310 g/mol. The standard InChI is InChI=1S/C81H158O17P2/c1-7-9-11-13-15-17-18-19-20-21-25-30-35-40-46-52-58-64-79(84)92-70-77(98-81(86)65-59-53-47-41-36-31-26-23-22-24-28-33-38-43-49-55-61-73(3)4)72-96-100(89,90)94-68-75(82)67-93-99(87,88)95-71-76(69-91-78(83)63-57-51-45-16-14-12-10-8-2)97-80(85)66-60-54-48-42-37-32-27-29-34-39-44-50-56-62-74(5)6/h73-77,82H,7-72H2,1-6H3,(H,87,88)(H,89,90)/t75-,76+,77+/m0/s1. The number of hydrogen-bond acceptors (Lipinski definition) is 15. The number of carbonyl (C=O) groups excluding carboxylic acids is 4. The van der Waals surface area contributed by atoms with Crippen molar-refractivity contribution in [1.29, 1.82) is 0 Å². The number of phosphoric ester groups is 2. The SMILES string of the molecule is CCCCCCCCCCCCCCCCCCCC(=O)OC[C@H](COP(=O)(O)OC[C@@H](O)COP(=O)(O)OC[C@@H](COC(=O)CCCCCCCCCC)OC(=O)CCCCCCCCCCCCCCCC(C)C)OC(=O)CCCCCCCCCCCCCCCCCCC(C)C. The van der Waals surface area contributed by atoms with Crippen LogP contribution in [-0.2, 0) is 65.4 Å². The largest absolute Gasteiger partial charge is 0.472 e. The highest BCUT2D eigenvalue weighted by molar-refractivity contribution is 7.47. The number of rotatable bonds is 80. The quantitative estimate of drug-likeness (QED) is 0.0222. The fraction of sp³-hybridized carbons (Fsp3) is 0.951. The first-order valence-corrected chi connectivity index (χ1v) is 45.0. The zero-order valence-electron chi connectivity index (χ0n) is 65.5. The van der Waals surface area contributed by atoms with Gasteiger partial charge in [-0.05, 0) is 37.5 Å². The molecule has 17 nitrogen and oxygen atoms in total. The Morgan fingerprint density at radius 1 is 0.270 bits per heavy atom. The minimum Gasteiger partial charge on any atom is -0.462 e. The van der Waals surface area contributed by atoms with Crippen molar-refractivity contribution in [1.82, 2.24) is 0 Å². The molecular formula is C81H158O17P2. The van der Waals surface area contributed by atoms with Gasteiger partial charge in [0.15, 0.2) is 12.2 Å². The monoisotopic (exact) mass is 1470 g/mol. The first kappa shape index (κ1) is 98.1. The van der Waals surface area contributed by atoms with Gasteiger partial charge in [-0.1, -0.05) is 375 Å². The molecule has 0 saturated heterocycles. The van der Waals surface area contributed by atoms with Gasteiger partial charge in [0.05, 0.1) is 26.4 Å². The van der Waals surface area contributed by atoms with Gasteiger partial charge in [-0.2, -0.15) is 0 Å². The third kappa shape index (κ3) is 74.3. The lowest BCUT2D eigenvalue weighted by atomic mass is 10.0. The molecule has 0 spiro atoms. The minimum atomic E-state index is -4.96. The maximum Gasteiger partial charge on any atom is 0.472 e. The van der Waals surface area contributed by atoms with E-state index in [1.807, 2.05) is 0 Å². The molecule has 0 aliphatic carbocycles. The number of esters is 4. The minimum absolute atomic E-state index is 0.107. The molecule has 5 atom stereocenters. The van der Waals surface area contributed by atoms with Crippen LogP contribution >= 0.6 is 15.6 Å². The Kier molecular flexibility index (Phi) is 71.2. The summed E-state index contributed by atoms with van der Waals surface area (Å²) in [6.45, 7) is 9.66. The predicted octanol–water partition coefficient (Wildman–Crippen LogP) is 24.3. The third-order valence-corrected chi connectivity index (χ3v) is 20.9. The van der Waals surface area contributed by atoms with Crippen LogP contribution in [0.5, 0.6) is 0 Å². The number of ether oxygens (including phenoxy) is 4. The molecule has 0 saturated carbocycles.